The standard InChI is InChI=1S/C19H15ClFN5/c1-26-6-5-11-12(7-22)18(25)19(9-23,10-24)17(13(11)8-26)16-14(20)3-2-4-15(16)21/h2-5,12-13,17,25H,6,8H2,1H3/t12?,13-,17-/m1/s1. The molecule has 0 spiro atoms. The smallest absolute Gasteiger partial charge is 0.189 e. The number of hydrogen-bond donors (Lipinski definition) is 1. The van der Waals surface area contributed by atoms with Crippen LogP contribution < -0.4 is 0 Å². The maximum absolute atomic E-state index is 14.7. The zero-order valence-electron chi connectivity index (χ0n) is 14.0. The third-order valence-electron chi connectivity index (χ3n) is 5.28. The minimum Gasteiger partial charge on any atom is -0.305 e. The van der Waals surface area contributed by atoms with Crippen LogP contribution in [-0.2, 0) is 0 Å². The van der Waals surface area contributed by atoms with Crippen LogP contribution >= 0.6 is 11.6 Å². The van der Waals surface area contributed by atoms with E-state index in [1.807, 2.05) is 30.2 Å². The molecule has 1 unspecified atom stereocenters. The van der Waals surface area contributed by atoms with Crippen molar-refractivity contribution in [1.82, 2.24) is 4.90 Å². The molecule has 1 saturated carbocycles. The lowest BCUT2D eigenvalue weighted by Crippen LogP contribution is -2.52. The predicted octanol–water partition coefficient (Wildman–Crippen LogP) is 3.26. The summed E-state index contributed by atoms with van der Waals surface area (Å²) < 4.78 is 14.7. The van der Waals surface area contributed by atoms with Crippen molar-refractivity contribution in [2.24, 2.45) is 17.3 Å². The second kappa shape index (κ2) is 6.54. The molecule has 1 aliphatic carbocycles. The molecule has 0 amide bonds. The zero-order valence-corrected chi connectivity index (χ0v) is 14.8. The first-order chi connectivity index (χ1) is 12.4. The van der Waals surface area contributed by atoms with E-state index < -0.39 is 29.0 Å². The van der Waals surface area contributed by atoms with Crippen molar-refractivity contribution in [3.63, 3.8) is 0 Å². The largest absolute Gasteiger partial charge is 0.305 e. The maximum Gasteiger partial charge on any atom is 0.189 e. The molecule has 7 heteroatoms. The Hall–Kier alpha value is -2.72. The zero-order chi connectivity index (χ0) is 19.1. The van der Waals surface area contributed by atoms with Gasteiger partial charge in [-0.2, -0.15) is 15.8 Å². The highest BCUT2D eigenvalue weighted by Gasteiger charge is 2.58. The van der Waals surface area contributed by atoms with Gasteiger partial charge in [0.15, 0.2) is 5.41 Å². The van der Waals surface area contributed by atoms with Crippen molar-refractivity contribution >= 4 is 17.3 Å². The molecular formula is C19H15ClFN5. The van der Waals surface area contributed by atoms with Crippen molar-refractivity contribution < 1.29 is 4.39 Å². The van der Waals surface area contributed by atoms with E-state index in [4.69, 9.17) is 17.0 Å². The molecule has 1 N–H and O–H groups in total. The molecule has 3 rings (SSSR count). The molecule has 2 aliphatic rings. The maximum atomic E-state index is 14.7. The Morgan fingerprint density at radius 3 is 2.58 bits per heavy atom. The van der Waals surface area contributed by atoms with E-state index in [1.54, 1.807) is 0 Å². The van der Waals surface area contributed by atoms with E-state index >= 15 is 0 Å². The molecule has 0 bridgehead atoms. The van der Waals surface area contributed by atoms with E-state index in [0.29, 0.717) is 18.7 Å². The molecule has 5 nitrogen and oxygen atoms in total. The van der Waals surface area contributed by atoms with Crippen LogP contribution in [0.3, 0.4) is 0 Å². The van der Waals surface area contributed by atoms with Gasteiger partial charge in [0, 0.05) is 35.5 Å². The SMILES string of the molecule is CN1CC=C2C(C#N)C(=N)C(C#N)(C#N)[C@@H](c3c(F)cccc3Cl)[C@@H]2C1. The van der Waals surface area contributed by atoms with Gasteiger partial charge in [-0.3, -0.25) is 0 Å². The van der Waals surface area contributed by atoms with Gasteiger partial charge in [0.2, 0.25) is 0 Å². The summed E-state index contributed by atoms with van der Waals surface area (Å²) in [6.07, 6.45) is 1.84. The van der Waals surface area contributed by atoms with E-state index in [2.05, 4.69) is 6.07 Å². The summed E-state index contributed by atoms with van der Waals surface area (Å²) in [5, 5.41) is 37.9. The fourth-order valence-electron chi connectivity index (χ4n) is 4.07. The molecule has 130 valence electrons. The summed E-state index contributed by atoms with van der Waals surface area (Å²) in [5.74, 6) is -3.00. The second-order valence-corrected chi connectivity index (χ2v) is 7.06. The third-order valence-corrected chi connectivity index (χ3v) is 5.61. The number of nitrogens with zero attached hydrogens (tertiary/aromatic N) is 4. The van der Waals surface area contributed by atoms with Gasteiger partial charge in [-0.25, -0.2) is 4.39 Å². The first-order valence-electron chi connectivity index (χ1n) is 8.04. The molecule has 1 aromatic rings. The molecule has 3 atom stereocenters. The second-order valence-electron chi connectivity index (χ2n) is 6.65. The van der Waals surface area contributed by atoms with Crippen molar-refractivity contribution in [1.29, 1.82) is 21.2 Å². The van der Waals surface area contributed by atoms with Gasteiger partial charge in [0.1, 0.15) is 11.7 Å². The van der Waals surface area contributed by atoms with Crippen LogP contribution in [0.5, 0.6) is 0 Å². The van der Waals surface area contributed by atoms with Crippen LogP contribution in [0, 0.1) is 62.5 Å². The summed E-state index contributed by atoms with van der Waals surface area (Å²) >= 11 is 6.26. The number of hydrogen-bond acceptors (Lipinski definition) is 5. The Labute approximate surface area is 156 Å². The predicted molar refractivity (Wildman–Crippen MR) is 93.7 cm³/mol. The van der Waals surface area contributed by atoms with Gasteiger partial charge in [-0.15, -0.1) is 0 Å². The highest BCUT2D eigenvalue weighted by molar-refractivity contribution is 6.31. The minimum atomic E-state index is -1.95. The van der Waals surface area contributed by atoms with E-state index in [0.717, 1.165) is 0 Å². The third kappa shape index (κ3) is 2.41. The number of nitrogens with one attached hydrogen (secondary N) is 1. The van der Waals surface area contributed by atoms with Gasteiger partial charge in [-0.05, 0) is 24.8 Å². The first kappa shape index (κ1) is 18.1. The van der Waals surface area contributed by atoms with Crippen LogP contribution in [0.15, 0.2) is 29.8 Å². The Kier molecular flexibility index (Phi) is 4.55. The molecule has 0 aromatic heterocycles. The molecule has 1 aliphatic heterocycles. The van der Waals surface area contributed by atoms with Crippen molar-refractivity contribution in [3.05, 3.63) is 46.3 Å². The summed E-state index contributed by atoms with van der Waals surface area (Å²) in [7, 11) is 1.87. The Balaban J connectivity index is 2.35. The highest BCUT2D eigenvalue weighted by Crippen LogP contribution is 2.54. The minimum absolute atomic E-state index is 0.0598. The summed E-state index contributed by atoms with van der Waals surface area (Å²) in [5.41, 5.74) is -1.53. The topological polar surface area (TPSA) is 98.5 Å². The van der Waals surface area contributed by atoms with Crippen molar-refractivity contribution in [2.75, 3.05) is 20.1 Å². The van der Waals surface area contributed by atoms with Crippen molar-refractivity contribution in [3.8, 4) is 18.2 Å². The summed E-state index contributed by atoms with van der Waals surface area (Å²) in [4.78, 5) is 1.97. The molecule has 0 saturated heterocycles. The Morgan fingerprint density at radius 1 is 1.31 bits per heavy atom. The molecular weight excluding hydrogens is 353 g/mol. The summed E-state index contributed by atoms with van der Waals surface area (Å²) in [6.45, 7) is 1.03. The van der Waals surface area contributed by atoms with E-state index in [9.17, 15) is 20.2 Å². The van der Waals surface area contributed by atoms with Crippen LogP contribution in [-0.4, -0.2) is 30.7 Å². The lowest BCUT2D eigenvalue weighted by molar-refractivity contribution is 0.232. The molecule has 1 heterocycles. The number of nitriles is 3. The van der Waals surface area contributed by atoms with Crippen LogP contribution in [0.2, 0.25) is 5.02 Å². The quantitative estimate of drug-likeness (QED) is 0.770. The van der Waals surface area contributed by atoms with Gasteiger partial charge in [-0.1, -0.05) is 23.7 Å². The van der Waals surface area contributed by atoms with Crippen LogP contribution in [0.4, 0.5) is 4.39 Å². The van der Waals surface area contributed by atoms with Crippen LogP contribution in [0.25, 0.3) is 0 Å². The average molecular weight is 368 g/mol. The molecule has 1 aromatic carbocycles. The normalized spacial score (nSPS) is 27.5. The van der Waals surface area contributed by atoms with Crippen LogP contribution in [0.1, 0.15) is 11.5 Å². The summed E-state index contributed by atoms with van der Waals surface area (Å²) in [6, 6.07) is 10.1. The first-order valence-corrected chi connectivity index (χ1v) is 8.42. The number of fused-ring (bicyclic) bond motifs is 1. The number of rotatable bonds is 1. The highest BCUT2D eigenvalue weighted by atomic mass is 35.5. The van der Waals surface area contributed by atoms with E-state index in [-0.39, 0.29) is 16.3 Å². The average Bonchev–Trinajstić information content (AvgIpc) is 2.62. The number of benzene rings is 1. The fraction of sp³-hybridized carbons (Fsp3) is 0.368. The monoisotopic (exact) mass is 367 g/mol. The van der Waals surface area contributed by atoms with Gasteiger partial charge in [0.05, 0.1) is 23.9 Å². The lowest BCUT2D eigenvalue weighted by atomic mass is 9.54. The fourth-order valence-corrected chi connectivity index (χ4v) is 4.35. The van der Waals surface area contributed by atoms with Gasteiger partial charge < -0.3 is 10.3 Å². The van der Waals surface area contributed by atoms with Gasteiger partial charge >= 0.3 is 0 Å². The van der Waals surface area contributed by atoms with Gasteiger partial charge in [0.25, 0.3) is 0 Å². The number of likely N-dealkylation sites (N-methyl/N-ethyl adjacent to an activating group) is 1. The van der Waals surface area contributed by atoms with E-state index in [1.165, 1.54) is 18.2 Å². The Morgan fingerprint density at radius 2 is 2.00 bits per heavy atom. The van der Waals surface area contributed by atoms with Crippen molar-refractivity contribution in [2.45, 2.75) is 5.92 Å². The molecule has 26 heavy (non-hydrogen) atoms. The Bertz CT molecular complexity index is 898. The number of halogens is 2. The molecule has 1 fully saturated rings. The molecule has 0 radical (unpaired) electrons. The lowest BCUT2D eigenvalue weighted by Gasteiger charge is -2.47.